The van der Waals surface area contributed by atoms with Crippen LogP contribution in [0.1, 0.15) is 5.56 Å². The van der Waals surface area contributed by atoms with E-state index in [1.807, 2.05) is 0 Å². The lowest BCUT2D eigenvalue weighted by Crippen LogP contribution is -2.17. The molecular weight excluding hydrogens is 285 g/mol. The molecule has 0 saturated carbocycles. The van der Waals surface area contributed by atoms with Gasteiger partial charge in [-0.05, 0) is 23.8 Å². The molecule has 2 N–H and O–H groups in total. The summed E-state index contributed by atoms with van der Waals surface area (Å²) in [6.07, 6.45) is 0. The average molecular weight is 296 g/mol. The summed E-state index contributed by atoms with van der Waals surface area (Å²) in [5, 5.41) is 0. The summed E-state index contributed by atoms with van der Waals surface area (Å²) < 4.78 is 36.3. The van der Waals surface area contributed by atoms with Gasteiger partial charge in [-0.3, -0.25) is 0 Å². The van der Waals surface area contributed by atoms with Crippen LogP contribution in [0, 0.1) is 5.82 Å². The second-order valence-electron chi connectivity index (χ2n) is 3.16. The second-order valence-corrected chi connectivity index (χ2v) is 6.26. The zero-order valence-corrected chi connectivity index (χ0v) is 10.3. The van der Waals surface area contributed by atoms with Crippen LogP contribution in [0.25, 0.3) is 0 Å². The Balaban J connectivity index is 2.90. The van der Waals surface area contributed by atoms with Crippen molar-refractivity contribution in [1.82, 2.24) is 0 Å². The SMILES string of the molecule is NCCS(=O)(=O)Cc1cc(F)cc(Br)c1. The first kappa shape index (κ1) is 12.6. The fraction of sp³-hybridized carbons (Fsp3) is 0.333. The predicted octanol–water partition coefficient (Wildman–Crippen LogP) is 1.46. The zero-order valence-electron chi connectivity index (χ0n) is 7.91. The molecule has 1 rings (SSSR count). The van der Waals surface area contributed by atoms with Crippen LogP contribution in [-0.2, 0) is 15.6 Å². The normalized spacial score (nSPS) is 11.7. The topological polar surface area (TPSA) is 60.2 Å². The Morgan fingerprint density at radius 3 is 2.53 bits per heavy atom. The first-order valence-corrected chi connectivity index (χ1v) is 6.90. The van der Waals surface area contributed by atoms with Gasteiger partial charge in [-0.1, -0.05) is 15.9 Å². The van der Waals surface area contributed by atoms with E-state index < -0.39 is 15.7 Å². The monoisotopic (exact) mass is 295 g/mol. The molecule has 15 heavy (non-hydrogen) atoms. The van der Waals surface area contributed by atoms with Gasteiger partial charge in [-0.15, -0.1) is 0 Å². The molecule has 0 aliphatic heterocycles. The van der Waals surface area contributed by atoms with Gasteiger partial charge in [0.2, 0.25) is 0 Å². The van der Waals surface area contributed by atoms with Gasteiger partial charge in [-0.25, -0.2) is 12.8 Å². The van der Waals surface area contributed by atoms with Crippen LogP contribution in [0.2, 0.25) is 0 Å². The molecule has 0 spiro atoms. The van der Waals surface area contributed by atoms with Crippen LogP contribution < -0.4 is 5.73 Å². The third kappa shape index (κ3) is 4.27. The quantitative estimate of drug-likeness (QED) is 0.915. The first-order chi connectivity index (χ1) is 6.93. The minimum atomic E-state index is -3.23. The molecule has 0 aliphatic rings. The van der Waals surface area contributed by atoms with Gasteiger partial charge < -0.3 is 5.73 Å². The predicted molar refractivity (Wildman–Crippen MR) is 60.6 cm³/mol. The van der Waals surface area contributed by atoms with Crippen molar-refractivity contribution in [3.63, 3.8) is 0 Å². The van der Waals surface area contributed by atoms with Crippen LogP contribution in [0.15, 0.2) is 22.7 Å². The Hall–Kier alpha value is -0.460. The van der Waals surface area contributed by atoms with E-state index in [0.717, 1.165) is 0 Å². The fourth-order valence-electron chi connectivity index (χ4n) is 1.20. The van der Waals surface area contributed by atoms with Crippen molar-refractivity contribution >= 4 is 25.8 Å². The highest BCUT2D eigenvalue weighted by Crippen LogP contribution is 2.16. The summed E-state index contributed by atoms with van der Waals surface area (Å²) in [7, 11) is -3.23. The summed E-state index contributed by atoms with van der Waals surface area (Å²) >= 11 is 3.10. The summed E-state index contributed by atoms with van der Waals surface area (Å²) in [6, 6.07) is 4.06. The average Bonchev–Trinajstić information content (AvgIpc) is 1.99. The molecule has 84 valence electrons. The van der Waals surface area contributed by atoms with Crippen LogP contribution in [0.4, 0.5) is 4.39 Å². The van der Waals surface area contributed by atoms with Crippen molar-refractivity contribution in [2.45, 2.75) is 5.75 Å². The smallest absolute Gasteiger partial charge is 0.155 e. The summed E-state index contributed by atoms with van der Waals surface area (Å²) in [6.45, 7) is 0.0822. The van der Waals surface area contributed by atoms with Crippen LogP contribution in [0.3, 0.4) is 0 Å². The van der Waals surface area contributed by atoms with E-state index in [4.69, 9.17) is 5.73 Å². The number of benzene rings is 1. The Morgan fingerprint density at radius 2 is 2.00 bits per heavy atom. The molecule has 0 saturated heterocycles. The number of halogens is 2. The highest BCUT2D eigenvalue weighted by molar-refractivity contribution is 9.10. The molecule has 0 aromatic heterocycles. The van der Waals surface area contributed by atoms with Gasteiger partial charge in [0, 0.05) is 11.0 Å². The molecule has 0 fully saturated rings. The number of sulfone groups is 1. The number of hydrogen-bond donors (Lipinski definition) is 1. The fourth-order valence-corrected chi connectivity index (χ4v) is 2.89. The Bertz CT molecular complexity index is 427. The third-order valence-electron chi connectivity index (χ3n) is 1.74. The van der Waals surface area contributed by atoms with Gasteiger partial charge in [0.05, 0.1) is 11.5 Å². The van der Waals surface area contributed by atoms with E-state index in [9.17, 15) is 12.8 Å². The van der Waals surface area contributed by atoms with Gasteiger partial charge in [0.15, 0.2) is 9.84 Å². The van der Waals surface area contributed by atoms with E-state index in [1.165, 1.54) is 12.1 Å². The summed E-state index contributed by atoms with van der Waals surface area (Å²) in [5.74, 6) is -0.718. The highest BCUT2D eigenvalue weighted by Gasteiger charge is 2.11. The van der Waals surface area contributed by atoms with E-state index >= 15 is 0 Å². The van der Waals surface area contributed by atoms with Crippen molar-refractivity contribution < 1.29 is 12.8 Å². The maximum Gasteiger partial charge on any atom is 0.155 e. The molecule has 0 amide bonds. The van der Waals surface area contributed by atoms with Gasteiger partial charge in [0.1, 0.15) is 5.82 Å². The van der Waals surface area contributed by atoms with E-state index in [-0.39, 0.29) is 18.1 Å². The van der Waals surface area contributed by atoms with Crippen molar-refractivity contribution in [1.29, 1.82) is 0 Å². The zero-order chi connectivity index (χ0) is 11.5. The summed E-state index contributed by atoms with van der Waals surface area (Å²) in [4.78, 5) is 0. The summed E-state index contributed by atoms with van der Waals surface area (Å²) in [5.41, 5.74) is 5.59. The van der Waals surface area contributed by atoms with E-state index in [1.54, 1.807) is 6.07 Å². The van der Waals surface area contributed by atoms with Crippen molar-refractivity contribution in [3.8, 4) is 0 Å². The number of rotatable bonds is 4. The number of hydrogen-bond acceptors (Lipinski definition) is 3. The molecule has 0 atom stereocenters. The first-order valence-electron chi connectivity index (χ1n) is 4.28. The van der Waals surface area contributed by atoms with Crippen molar-refractivity contribution in [3.05, 3.63) is 34.1 Å². The molecule has 0 heterocycles. The molecule has 0 unspecified atom stereocenters. The highest BCUT2D eigenvalue weighted by atomic mass is 79.9. The lowest BCUT2D eigenvalue weighted by atomic mass is 10.2. The molecule has 3 nitrogen and oxygen atoms in total. The molecule has 1 aromatic rings. The van der Waals surface area contributed by atoms with E-state index in [0.29, 0.717) is 10.0 Å². The van der Waals surface area contributed by atoms with E-state index in [2.05, 4.69) is 15.9 Å². The second kappa shape index (κ2) is 5.05. The molecular formula is C9H11BrFNO2S. The lowest BCUT2D eigenvalue weighted by Gasteiger charge is -2.03. The minimum Gasteiger partial charge on any atom is -0.329 e. The van der Waals surface area contributed by atoms with Crippen LogP contribution in [0.5, 0.6) is 0 Å². The van der Waals surface area contributed by atoms with Crippen LogP contribution >= 0.6 is 15.9 Å². The minimum absolute atomic E-state index is 0.0822. The van der Waals surface area contributed by atoms with Crippen LogP contribution in [-0.4, -0.2) is 20.7 Å². The van der Waals surface area contributed by atoms with Crippen molar-refractivity contribution in [2.75, 3.05) is 12.3 Å². The molecule has 0 radical (unpaired) electrons. The third-order valence-corrected chi connectivity index (χ3v) is 3.83. The standard InChI is InChI=1S/C9H11BrFNO2S/c10-8-3-7(4-9(11)5-8)6-15(13,14)2-1-12/h3-5H,1-2,6,12H2. The Kier molecular flexibility index (Phi) is 4.24. The molecule has 6 heteroatoms. The molecule has 1 aromatic carbocycles. The Morgan fingerprint density at radius 1 is 1.33 bits per heavy atom. The number of nitrogens with two attached hydrogens (primary N) is 1. The molecule has 0 aliphatic carbocycles. The van der Waals surface area contributed by atoms with Crippen molar-refractivity contribution in [2.24, 2.45) is 5.73 Å². The lowest BCUT2D eigenvalue weighted by molar-refractivity contribution is 0.594. The van der Waals surface area contributed by atoms with Gasteiger partial charge in [-0.2, -0.15) is 0 Å². The molecule has 0 bridgehead atoms. The van der Waals surface area contributed by atoms with Gasteiger partial charge >= 0.3 is 0 Å². The maximum absolute atomic E-state index is 12.9. The Labute approximate surface area is 96.5 Å². The van der Waals surface area contributed by atoms with Gasteiger partial charge in [0.25, 0.3) is 0 Å². The largest absolute Gasteiger partial charge is 0.329 e. The maximum atomic E-state index is 12.9.